The first-order chi connectivity index (χ1) is 11.5. The van der Waals surface area contributed by atoms with Crippen molar-refractivity contribution in [2.45, 2.75) is 39.2 Å². The number of amides is 1. The number of piperazine rings is 1. The van der Waals surface area contributed by atoms with Crippen molar-refractivity contribution in [3.8, 4) is 0 Å². The number of nitrogens with two attached hydrogens (primary N) is 1. The van der Waals surface area contributed by atoms with E-state index in [1.165, 1.54) is 11.3 Å². The molecule has 0 radical (unpaired) electrons. The van der Waals surface area contributed by atoms with Gasteiger partial charge in [0, 0.05) is 50.9 Å². The van der Waals surface area contributed by atoms with E-state index in [4.69, 9.17) is 5.73 Å². The number of carbonyl (C=O) groups excluding carboxylic acids is 1. The third-order valence-electron chi connectivity index (χ3n) is 4.54. The number of hydrogen-bond donors (Lipinski definition) is 2. The number of hydrogen-bond acceptors (Lipinski definition) is 4. The summed E-state index contributed by atoms with van der Waals surface area (Å²) in [4.78, 5) is 16.6. The molecule has 1 aliphatic rings. The Labute approximate surface area is 146 Å². The topological polar surface area (TPSA) is 61.6 Å². The third kappa shape index (κ3) is 6.49. The van der Waals surface area contributed by atoms with E-state index in [0.29, 0.717) is 6.42 Å². The summed E-state index contributed by atoms with van der Waals surface area (Å²) in [6.07, 6.45) is 2.30. The van der Waals surface area contributed by atoms with Gasteiger partial charge in [0.1, 0.15) is 0 Å². The van der Waals surface area contributed by atoms with E-state index in [9.17, 15) is 4.79 Å². The molecule has 0 spiro atoms. The van der Waals surface area contributed by atoms with Crippen LogP contribution in [0.4, 0.5) is 5.69 Å². The average molecular weight is 332 g/mol. The van der Waals surface area contributed by atoms with Crippen LogP contribution in [-0.2, 0) is 4.79 Å². The minimum atomic E-state index is 0.0976. The lowest BCUT2D eigenvalue weighted by Gasteiger charge is -2.36. The van der Waals surface area contributed by atoms with Crippen molar-refractivity contribution < 1.29 is 4.79 Å². The summed E-state index contributed by atoms with van der Waals surface area (Å²) in [5.41, 5.74) is 8.31. The molecule has 1 atom stereocenters. The highest BCUT2D eigenvalue weighted by atomic mass is 16.1. The monoisotopic (exact) mass is 332 g/mol. The Morgan fingerprint density at radius 2 is 2.04 bits per heavy atom. The summed E-state index contributed by atoms with van der Waals surface area (Å²) >= 11 is 0. The molecule has 1 unspecified atom stereocenters. The van der Waals surface area contributed by atoms with Gasteiger partial charge in [-0.3, -0.25) is 9.69 Å². The molecule has 1 heterocycles. The molecule has 0 saturated carbocycles. The molecule has 5 nitrogen and oxygen atoms in total. The molecule has 24 heavy (non-hydrogen) atoms. The van der Waals surface area contributed by atoms with Gasteiger partial charge in [-0.2, -0.15) is 0 Å². The van der Waals surface area contributed by atoms with Crippen LogP contribution in [0.1, 0.15) is 31.7 Å². The molecule has 0 bridgehead atoms. The normalized spacial score (nSPS) is 16.9. The zero-order valence-electron chi connectivity index (χ0n) is 15.1. The number of benzene rings is 1. The van der Waals surface area contributed by atoms with E-state index < -0.39 is 0 Å². The molecule has 1 saturated heterocycles. The van der Waals surface area contributed by atoms with Crippen LogP contribution in [0.3, 0.4) is 0 Å². The zero-order chi connectivity index (χ0) is 17.4. The van der Waals surface area contributed by atoms with Crippen molar-refractivity contribution >= 4 is 11.6 Å². The van der Waals surface area contributed by atoms with E-state index in [-0.39, 0.29) is 11.9 Å². The Morgan fingerprint density at radius 3 is 2.71 bits per heavy atom. The van der Waals surface area contributed by atoms with Crippen LogP contribution in [-0.4, -0.2) is 56.1 Å². The molecule has 3 N–H and O–H groups in total. The second kappa shape index (κ2) is 9.64. The number of aryl methyl sites for hydroxylation is 1. The van der Waals surface area contributed by atoms with Gasteiger partial charge in [-0.25, -0.2) is 0 Å². The highest BCUT2D eigenvalue weighted by Crippen LogP contribution is 2.17. The Hall–Kier alpha value is -1.59. The largest absolute Gasteiger partial charge is 0.369 e. The van der Waals surface area contributed by atoms with Gasteiger partial charge in [0.15, 0.2) is 0 Å². The van der Waals surface area contributed by atoms with Gasteiger partial charge in [-0.05, 0) is 50.9 Å². The van der Waals surface area contributed by atoms with Gasteiger partial charge in [0.25, 0.3) is 0 Å². The van der Waals surface area contributed by atoms with Crippen molar-refractivity contribution in [3.63, 3.8) is 0 Å². The Balaban J connectivity index is 1.59. The maximum Gasteiger partial charge on any atom is 0.220 e. The molecular formula is C19H32N4O. The predicted octanol–water partition coefficient (Wildman–Crippen LogP) is 1.75. The number of nitrogens with one attached hydrogen (secondary N) is 1. The highest BCUT2D eigenvalue weighted by molar-refractivity contribution is 5.75. The van der Waals surface area contributed by atoms with E-state index in [2.05, 4.69) is 46.3 Å². The molecule has 0 aliphatic carbocycles. The number of anilines is 1. The first-order valence-electron chi connectivity index (χ1n) is 9.11. The molecule has 0 aromatic heterocycles. The minimum absolute atomic E-state index is 0.0976. The summed E-state index contributed by atoms with van der Waals surface area (Å²) in [6, 6.07) is 8.82. The lowest BCUT2D eigenvalue weighted by molar-refractivity contribution is -0.121. The van der Waals surface area contributed by atoms with Crippen LogP contribution in [0.2, 0.25) is 0 Å². The van der Waals surface area contributed by atoms with Gasteiger partial charge < -0.3 is 16.0 Å². The fraction of sp³-hybridized carbons (Fsp3) is 0.632. The zero-order valence-corrected chi connectivity index (χ0v) is 15.1. The minimum Gasteiger partial charge on any atom is -0.369 e. The van der Waals surface area contributed by atoms with Gasteiger partial charge in [-0.1, -0.05) is 12.1 Å². The molecule has 2 rings (SSSR count). The van der Waals surface area contributed by atoms with Crippen molar-refractivity contribution in [2.24, 2.45) is 5.73 Å². The lowest BCUT2D eigenvalue weighted by atomic mass is 10.2. The summed E-state index contributed by atoms with van der Waals surface area (Å²) in [5, 5.41) is 2.99. The maximum absolute atomic E-state index is 11.6. The molecule has 5 heteroatoms. The fourth-order valence-electron chi connectivity index (χ4n) is 3.03. The second-order valence-electron chi connectivity index (χ2n) is 6.89. The molecule has 1 fully saturated rings. The van der Waals surface area contributed by atoms with Gasteiger partial charge in [0.2, 0.25) is 5.91 Å². The lowest BCUT2D eigenvalue weighted by Crippen LogP contribution is -2.47. The van der Waals surface area contributed by atoms with Crippen molar-refractivity contribution in [3.05, 3.63) is 29.8 Å². The summed E-state index contributed by atoms with van der Waals surface area (Å²) in [7, 11) is 0. The van der Waals surface area contributed by atoms with Crippen molar-refractivity contribution in [1.29, 1.82) is 0 Å². The standard InChI is InChI=1S/C19H32N4O/c1-16-5-3-6-18(15-16)23-13-11-22(12-14-23)10-4-9-21-19(24)8-7-17(2)20/h3,5-6,15,17H,4,7-14,20H2,1-2H3,(H,21,24). The van der Waals surface area contributed by atoms with E-state index in [1.54, 1.807) is 0 Å². The van der Waals surface area contributed by atoms with Crippen LogP contribution in [0.5, 0.6) is 0 Å². The van der Waals surface area contributed by atoms with Gasteiger partial charge in [0.05, 0.1) is 0 Å². The fourth-order valence-corrected chi connectivity index (χ4v) is 3.03. The van der Waals surface area contributed by atoms with Crippen LogP contribution in [0.15, 0.2) is 24.3 Å². The highest BCUT2D eigenvalue weighted by Gasteiger charge is 2.16. The van der Waals surface area contributed by atoms with Crippen LogP contribution in [0, 0.1) is 6.92 Å². The number of carbonyl (C=O) groups is 1. The number of nitrogens with zero attached hydrogens (tertiary/aromatic N) is 2. The van der Waals surface area contributed by atoms with Crippen LogP contribution >= 0.6 is 0 Å². The molecule has 1 amide bonds. The number of rotatable bonds is 8. The van der Waals surface area contributed by atoms with Crippen LogP contribution < -0.4 is 16.0 Å². The second-order valence-corrected chi connectivity index (χ2v) is 6.89. The van der Waals surface area contributed by atoms with E-state index in [0.717, 1.165) is 52.1 Å². The first kappa shape index (κ1) is 18.7. The van der Waals surface area contributed by atoms with Gasteiger partial charge in [-0.15, -0.1) is 0 Å². The first-order valence-corrected chi connectivity index (χ1v) is 9.11. The quantitative estimate of drug-likeness (QED) is 0.712. The van der Waals surface area contributed by atoms with Crippen molar-refractivity contribution in [1.82, 2.24) is 10.2 Å². The maximum atomic E-state index is 11.6. The Morgan fingerprint density at radius 1 is 1.29 bits per heavy atom. The van der Waals surface area contributed by atoms with E-state index in [1.807, 2.05) is 6.92 Å². The Kier molecular flexibility index (Phi) is 7.53. The van der Waals surface area contributed by atoms with Gasteiger partial charge >= 0.3 is 0 Å². The third-order valence-corrected chi connectivity index (χ3v) is 4.54. The summed E-state index contributed by atoms with van der Waals surface area (Å²) in [5.74, 6) is 0.122. The average Bonchev–Trinajstić information content (AvgIpc) is 2.57. The van der Waals surface area contributed by atoms with Crippen LogP contribution in [0.25, 0.3) is 0 Å². The Bertz CT molecular complexity index is 510. The van der Waals surface area contributed by atoms with E-state index >= 15 is 0 Å². The SMILES string of the molecule is Cc1cccc(N2CCN(CCCNC(=O)CCC(C)N)CC2)c1. The summed E-state index contributed by atoms with van der Waals surface area (Å²) < 4.78 is 0. The molecule has 1 aromatic carbocycles. The smallest absolute Gasteiger partial charge is 0.220 e. The van der Waals surface area contributed by atoms with Crippen molar-refractivity contribution in [2.75, 3.05) is 44.2 Å². The molecule has 134 valence electrons. The molecular weight excluding hydrogens is 300 g/mol. The predicted molar refractivity (Wildman–Crippen MR) is 100 cm³/mol. The molecule has 1 aromatic rings. The molecule has 1 aliphatic heterocycles. The summed E-state index contributed by atoms with van der Waals surface area (Å²) in [6.45, 7) is 10.2.